The summed E-state index contributed by atoms with van der Waals surface area (Å²) in [6, 6.07) is 0. The maximum absolute atomic E-state index is 13.9. The molecule has 0 saturated carbocycles. The number of aliphatic hydroxyl groups excluding tert-OH is 1. The number of esters is 7. The number of carbonyl (C=O) groups excluding carboxylic acids is 7. The van der Waals surface area contributed by atoms with Gasteiger partial charge in [-0.1, -0.05) is 0 Å². The third-order valence-corrected chi connectivity index (χ3v) is 9.74. The van der Waals surface area contributed by atoms with Gasteiger partial charge in [0.1, 0.15) is 37.6 Å². The summed E-state index contributed by atoms with van der Waals surface area (Å²) in [6.45, 7) is 31.9. The number of aliphatic hydroxyl groups is 1. The molecule has 2 heterocycles. The second-order valence-electron chi connectivity index (χ2n) is 24.0. The number of rotatable bonds is 11. The minimum absolute atomic E-state index is 0.617. The van der Waals surface area contributed by atoms with Crippen molar-refractivity contribution in [1.29, 1.82) is 0 Å². The molecule has 1 N–H and O–H groups in total. The summed E-state index contributed by atoms with van der Waals surface area (Å²) >= 11 is 0. The molecule has 0 amide bonds. The maximum atomic E-state index is 13.9. The second-order valence-corrected chi connectivity index (χ2v) is 24.0. The number of hydrogen-bond acceptors (Lipinski definition) is 18. The van der Waals surface area contributed by atoms with Crippen molar-refractivity contribution in [3.63, 3.8) is 0 Å². The molecule has 0 aromatic heterocycles. The van der Waals surface area contributed by atoms with Crippen molar-refractivity contribution in [3.8, 4) is 0 Å². The lowest BCUT2D eigenvalue weighted by Gasteiger charge is -2.49. The molecule has 10 atom stereocenters. The Balaban J connectivity index is 3.02. The summed E-state index contributed by atoms with van der Waals surface area (Å²) in [4.78, 5) is 94.7. The van der Waals surface area contributed by atoms with Gasteiger partial charge < -0.3 is 52.5 Å². The van der Waals surface area contributed by atoms with Crippen LogP contribution in [0, 0.1) is 37.9 Å². The van der Waals surface area contributed by atoms with Crippen LogP contribution in [0.5, 0.6) is 0 Å². The molecule has 0 aromatic carbocycles. The molecule has 0 aromatic rings. The van der Waals surface area contributed by atoms with E-state index in [0.29, 0.717) is 0 Å². The SMILES string of the molecule is CC(C)(C)C(=O)OC[C@H]1O[C@@H](OC(=O)C(C)(C)C)[C@H](OC(=O)C(C)(C)C)[C@@H](O)[C@@H]1O[C@H]1O[C@H](COC(=O)C(C)(C)C)[C@@H](OC(=O)C(C)(C)C)[C@H](OC(=O)C(C)(C)C)[C@H]1OC(=O)C(C)(C)C. The van der Waals surface area contributed by atoms with Crippen LogP contribution in [-0.4, -0.2) is 122 Å². The van der Waals surface area contributed by atoms with Crippen molar-refractivity contribution in [1.82, 2.24) is 0 Å². The standard InChI is InChI=1S/C47H78O18/c1-41(2,3)34(49)56-22-24-27(26(48)29(62-37(52)44(10,11)12)32(58-24)65-40(55)47(19,20)21)60-33-31(64-39(54)46(16,17)18)30(63-38(53)45(13,14)15)28(61-36(51)43(7,8)9)25(59-33)23-57-35(50)42(4,5)6/h24-33,48H,22-23H2,1-21H3/t24-,25-,26+,27-,28-,29-,30+,31-,32+,33-/m1/s1. The van der Waals surface area contributed by atoms with Crippen molar-refractivity contribution >= 4 is 41.8 Å². The van der Waals surface area contributed by atoms with Gasteiger partial charge in [-0.25, -0.2) is 0 Å². The smallest absolute Gasteiger partial charge is 0.313 e. The Hall–Kier alpha value is -3.87. The number of carbonyl (C=O) groups is 7. The Morgan fingerprint density at radius 2 is 0.631 bits per heavy atom. The highest BCUT2D eigenvalue weighted by molar-refractivity contribution is 5.79. The molecule has 0 unspecified atom stereocenters. The van der Waals surface area contributed by atoms with Crippen LogP contribution >= 0.6 is 0 Å². The summed E-state index contributed by atoms with van der Waals surface area (Å²) < 4.78 is 60.4. The van der Waals surface area contributed by atoms with Crippen molar-refractivity contribution in [2.24, 2.45) is 37.9 Å². The van der Waals surface area contributed by atoms with E-state index in [4.69, 9.17) is 47.4 Å². The van der Waals surface area contributed by atoms with Gasteiger partial charge in [0.05, 0.1) is 37.9 Å². The number of hydrogen-bond donors (Lipinski definition) is 1. The minimum Gasteiger partial charge on any atom is -0.462 e. The van der Waals surface area contributed by atoms with Gasteiger partial charge in [0.25, 0.3) is 0 Å². The fourth-order valence-corrected chi connectivity index (χ4v) is 5.33. The Morgan fingerprint density at radius 1 is 0.354 bits per heavy atom. The van der Waals surface area contributed by atoms with Crippen LogP contribution in [0.2, 0.25) is 0 Å². The first kappa shape index (κ1) is 57.3. The molecule has 18 nitrogen and oxygen atoms in total. The van der Waals surface area contributed by atoms with Crippen LogP contribution in [-0.2, 0) is 80.9 Å². The van der Waals surface area contributed by atoms with Gasteiger partial charge in [0.15, 0.2) is 30.7 Å². The van der Waals surface area contributed by atoms with Gasteiger partial charge >= 0.3 is 41.8 Å². The molecule has 374 valence electrons. The molecule has 0 aliphatic carbocycles. The molecule has 0 spiro atoms. The Labute approximate surface area is 385 Å². The Bertz CT molecular complexity index is 1720. The first-order chi connectivity index (χ1) is 29.0. The van der Waals surface area contributed by atoms with E-state index in [1.165, 1.54) is 0 Å². The molecule has 2 fully saturated rings. The summed E-state index contributed by atoms with van der Waals surface area (Å²) in [5.41, 5.74) is -7.80. The van der Waals surface area contributed by atoms with Gasteiger partial charge in [-0.3, -0.25) is 33.6 Å². The van der Waals surface area contributed by atoms with E-state index in [9.17, 15) is 38.7 Å². The predicted molar refractivity (Wildman–Crippen MR) is 232 cm³/mol. The largest absolute Gasteiger partial charge is 0.462 e. The third-order valence-electron chi connectivity index (χ3n) is 9.74. The quantitative estimate of drug-likeness (QED) is 0.191. The monoisotopic (exact) mass is 931 g/mol. The van der Waals surface area contributed by atoms with Crippen molar-refractivity contribution in [2.75, 3.05) is 13.2 Å². The molecule has 2 rings (SSSR count). The summed E-state index contributed by atoms with van der Waals surface area (Å²) in [5, 5.41) is 12.4. The maximum Gasteiger partial charge on any atom is 0.313 e. The molecule has 0 bridgehead atoms. The van der Waals surface area contributed by atoms with Crippen LogP contribution in [0.25, 0.3) is 0 Å². The first-order valence-electron chi connectivity index (χ1n) is 22.0. The van der Waals surface area contributed by atoms with E-state index < -0.39 is 154 Å². The molecule has 2 aliphatic heterocycles. The van der Waals surface area contributed by atoms with Crippen LogP contribution in [0.1, 0.15) is 145 Å². The van der Waals surface area contributed by atoms with E-state index in [1.54, 1.807) is 145 Å². The molecule has 0 radical (unpaired) electrons. The zero-order valence-corrected chi connectivity index (χ0v) is 42.6. The second kappa shape index (κ2) is 20.6. The van der Waals surface area contributed by atoms with Crippen molar-refractivity contribution < 1.29 is 86.0 Å². The predicted octanol–water partition coefficient (Wildman–Crippen LogP) is 5.78. The van der Waals surface area contributed by atoms with E-state index in [2.05, 4.69) is 0 Å². The van der Waals surface area contributed by atoms with Gasteiger partial charge in [-0.05, 0) is 145 Å². The normalized spacial score (nSPS) is 27.1. The highest BCUT2D eigenvalue weighted by Crippen LogP contribution is 2.38. The zero-order chi connectivity index (χ0) is 50.8. The lowest BCUT2D eigenvalue weighted by atomic mass is 9.92. The molecular formula is C47H78O18. The Kier molecular flexibility index (Phi) is 18.1. The number of ether oxygens (including phenoxy) is 10. The summed E-state index contributed by atoms with van der Waals surface area (Å²) in [5.74, 6) is -5.46. The van der Waals surface area contributed by atoms with Crippen molar-refractivity contribution in [3.05, 3.63) is 0 Å². The molecule has 2 aliphatic rings. The topological polar surface area (TPSA) is 232 Å². The van der Waals surface area contributed by atoms with Crippen LogP contribution in [0.3, 0.4) is 0 Å². The summed E-state index contributed by atoms with van der Waals surface area (Å²) in [6.07, 6.45) is -17.4. The van der Waals surface area contributed by atoms with Crippen LogP contribution in [0.4, 0.5) is 0 Å². The third kappa shape index (κ3) is 16.2. The van der Waals surface area contributed by atoms with Crippen LogP contribution in [0.15, 0.2) is 0 Å². The van der Waals surface area contributed by atoms with Gasteiger partial charge in [-0.2, -0.15) is 0 Å². The van der Waals surface area contributed by atoms with Gasteiger partial charge in [-0.15, -0.1) is 0 Å². The Morgan fingerprint density at radius 3 is 0.985 bits per heavy atom. The average Bonchev–Trinajstić information content (AvgIpc) is 3.11. The zero-order valence-electron chi connectivity index (χ0n) is 42.6. The molecule has 65 heavy (non-hydrogen) atoms. The summed E-state index contributed by atoms with van der Waals surface area (Å²) in [7, 11) is 0. The highest BCUT2D eigenvalue weighted by Gasteiger charge is 2.59. The van der Waals surface area contributed by atoms with E-state index >= 15 is 0 Å². The van der Waals surface area contributed by atoms with Crippen molar-refractivity contribution in [2.45, 2.75) is 207 Å². The lowest BCUT2D eigenvalue weighted by molar-refractivity contribution is -0.359. The fraction of sp³-hybridized carbons (Fsp3) is 0.851. The fourth-order valence-electron chi connectivity index (χ4n) is 5.33. The van der Waals surface area contributed by atoms with E-state index in [0.717, 1.165) is 0 Å². The average molecular weight is 931 g/mol. The van der Waals surface area contributed by atoms with E-state index in [1.807, 2.05) is 0 Å². The lowest BCUT2D eigenvalue weighted by Crippen LogP contribution is -2.67. The molecule has 2 saturated heterocycles. The van der Waals surface area contributed by atoms with E-state index in [-0.39, 0.29) is 0 Å². The molecular weight excluding hydrogens is 852 g/mol. The molecule has 18 heteroatoms. The highest BCUT2D eigenvalue weighted by atomic mass is 16.8. The van der Waals surface area contributed by atoms with Crippen LogP contribution < -0.4 is 0 Å². The minimum atomic E-state index is -1.97. The van der Waals surface area contributed by atoms with Gasteiger partial charge in [0, 0.05) is 0 Å². The first-order valence-corrected chi connectivity index (χ1v) is 22.0. The van der Waals surface area contributed by atoms with Gasteiger partial charge in [0.2, 0.25) is 6.29 Å².